The molecule has 13 heavy (non-hydrogen) atoms. The van der Waals surface area contributed by atoms with Crippen LogP contribution in [0.5, 0.6) is 0 Å². The number of hydrogen-bond acceptors (Lipinski definition) is 2. The molecule has 0 aromatic rings. The Hall–Kier alpha value is -0.830. The quantitative estimate of drug-likeness (QED) is 0.614. The first kappa shape index (κ1) is 10.3. The van der Waals surface area contributed by atoms with Crippen molar-refractivity contribution in [3.05, 3.63) is 12.7 Å². The summed E-state index contributed by atoms with van der Waals surface area (Å²) in [4.78, 5) is 10.9. The van der Waals surface area contributed by atoms with Crippen LogP contribution in [0.1, 0.15) is 19.8 Å². The maximum absolute atomic E-state index is 10.9. The van der Waals surface area contributed by atoms with Gasteiger partial charge in [0.1, 0.15) is 0 Å². The molecule has 1 saturated carbocycles. The van der Waals surface area contributed by atoms with E-state index in [1.54, 1.807) is 0 Å². The van der Waals surface area contributed by atoms with Gasteiger partial charge in [-0.25, -0.2) is 0 Å². The van der Waals surface area contributed by atoms with Gasteiger partial charge in [0.05, 0.1) is 0 Å². The lowest BCUT2D eigenvalue weighted by atomic mass is 9.80. The molecule has 1 fully saturated rings. The number of amides is 1. The van der Waals surface area contributed by atoms with E-state index in [0.717, 1.165) is 31.8 Å². The summed E-state index contributed by atoms with van der Waals surface area (Å²) < 4.78 is 0. The highest BCUT2D eigenvalue weighted by Crippen LogP contribution is 2.26. The minimum absolute atomic E-state index is 0.0492. The molecule has 2 N–H and O–H groups in total. The standard InChI is InChI=1S/C10H18N2O/c1-3-10(13)12-9-5-8(6-9)7-11-4-2/h3,8-9,11H,1,4-7H2,2H3,(H,12,13). The van der Waals surface area contributed by atoms with Crippen LogP contribution in [0.2, 0.25) is 0 Å². The molecule has 3 heteroatoms. The predicted octanol–water partition coefficient (Wildman–Crippen LogP) is 0.677. The van der Waals surface area contributed by atoms with Gasteiger partial charge in [0, 0.05) is 6.04 Å². The zero-order chi connectivity index (χ0) is 9.68. The third-order valence-corrected chi connectivity index (χ3v) is 2.45. The first-order chi connectivity index (χ1) is 6.26. The van der Waals surface area contributed by atoms with Crippen LogP contribution in [0.25, 0.3) is 0 Å². The van der Waals surface area contributed by atoms with Gasteiger partial charge in [0.25, 0.3) is 0 Å². The van der Waals surface area contributed by atoms with Crippen LogP contribution in [0, 0.1) is 5.92 Å². The predicted molar refractivity (Wildman–Crippen MR) is 53.4 cm³/mol. The van der Waals surface area contributed by atoms with E-state index in [2.05, 4.69) is 24.1 Å². The summed E-state index contributed by atoms with van der Waals surface area (Å²) in [6.45, 7) is 7.63. The normalized spacial score (nSPS) is 26.2. The highest BCUT2D eigenvalue weighted by molar-refractivity contribution is 5.87. The van der Waals surface area contributed by atoms with Crippen molar-refractivity contribution >= 4 is 5.91 Å². The average Bonchev–Trinajstić information content (AvgIpc) is 2.08. The second-order valence-electron chi connectivity index (χ2n) is 3.55. The Bertz CT molecular complexity index is 185. The van der Waals surface area contributed by atoms with Crippen molar-refractivity contribution in [2.45, 2.75) is 25.8 Å². The fraction of sp³-hybridized carbons (Fsp3) is 0.700. The first-order valence-corrected chi connectivity index (χ1v) is 4.90. The molecule has 74 valence electrons. The maximum atomic E-state index is 10.9. The van der Waals surface area contributed by atoms with E-state index < -0.39 is 0 Å². The van der Waals surface area contributed by atoms with E-state index in [1.807, 2.05) is 0 Å². The van der Waals surface area contributed by atoms with Crippen molar-refractivity contribution < 1.29 is 4.79 Å². The summed E-state index contributed by atoms with van der Waals surface area (Å²) in [6, 6.07) is 0.383. The molecule has 0 bridgehead atoms. The van der Waals surface area contributed by atoms with E-state index in [4.69, 9.17) is 0 Å². The Morgan fingerprint density at radius 1 is 1.62 bits per heavy atom. The zero-order valence-electron chi connectivity index (χ0n) is 8.18. The fourth-order valence-electron chi connectivity index (χ4n) is 1.63. The van der Waals surface area contributed by atoms with Gasteiger partial charge in [-0.1, -0.05) is 13.5 Å². The van der Waals surface area contributed by atoms with Gasteiger partial charge in [-0.3, -0.25) is 4.79 Å². The van der Waals surface area contributed by atoms with Crippen LogP contribution in [0.3, 0.4) is 0 Å². The molecule has 1 amide bonds. The number of carbonyl (C=O) groups excluding carboxylic acids is 1. The molecule has 3 nitrogen and oxygen atoms in total. The lowest BCUT2D eigenvalue weighted by molar-refractivity contribution is -0.117. The van der Waals surface area contributed by atoms with Crippen LogP contribution in [0.15, 0.2) is 12.7 Å². The zero-order valence-corrected chi connectivity index (χ0v) is 8.18. The highest BCUT2D eigenvalue weighted by atomic mass is 16.1. The van der Waals surface area contributed by atoms with E-state index in [1.165, 1.54) is 6.08 Å². The summed E-state index contributed by atoms with van der Waals surface area (Å²) in [6.07, 6.45) is 3.54. The second-order valence-corrected chi connectivity index (χ2v) is 3.55. The topological polar surface area (TPSA) is 41.1 Å². The van der Waals surface area contributed by atoms with E-state index in [0.29, 0.717) is 6.04 Å². The monoisotopic (exact) mass is 182 g/mol. The molecular formula is C10H18N2O. The lowest BCUT2D eigenvalue weighted by Gasteiger charge is -2.35. The Morgan fingerprint density at radius 2 is 2.31 bits per heavy atom. The largest absolute Gasteiger partial charge is 0.350 e. The molecule has 0 aromatic heterocycles. The van der Waals surface area contributed by atoms with Gasteiger partial charge in [-0.15, -0.1) is 0 Å². The minimum atomic E-state index is -0.0492. The number of rotatable bonds is 5. The van der Waals surface area contributed by atoms with Gasteiger partial charge in [0.2, 0.25) is 5.91 Å². The summed E-state index contributed by atoms with van der Waals surface area (Å²) in [7, 11) is 0. The number of carbonyl (C=O) groups is 1. The van der Waals surface area contributed by atoms with Crippen LogP contribution >= 0.6 is 0 Å². The SMILES string of the molecule is C=CC(=O)NC1CC(CNCC)C1. The van der Waals surface area contributed by atoms with E-state index in [-0.39, 0.29) is 5.91 Å². The van der Waals surface area contributed by atoms with Gasteiger partial charge in [-0.05, 0) is 37.9 Å². The average molecular weight is 182 g/mol. The number of nitrogens with one attached hydrogen (secondary N) is 2. The van der Waals surface area contributed by atoms with Crippen LogP contribution in [0.4, 0.5) is 0 Å². The molecule has 0 atom stereocenters. The van der Waals surface area contributed by atoms with Gasteiger partial charge >= 0.3 is 0 Å². The van der Waals surface area contributed by atoms with Crippen molar-refractivity contribution in [1.29, 1.82) is 0 Å². The Balaban J connectivity index is 2.04. The van der Waals surface area contributed by atoms with Crippen molar-refractivity contribution in [3.8, 4) is 0 Å². The summed E-state index contributed by atoms with van der Waals surface area (Å²) >= 11 is 0. The molecule has 1 aliphatic carbocycles. The molecule has 1 aliphatic rings. The van der Waals surface area contributed by atoms with Gasteiger partial charge in [0.15, 0.2) is 0 Å². The van der Waals surface area contributed by atoms with Gasteiger partial charge < -0.3 is 10.6 Å². The van der Waals surface area contributed by atoms with Gasteiger partial charge in [-0.2, -0.15) is 0 Å². The second kappa shape index (κ2) is 5.02. The molecule has 0 spiro atoms. The number of hydrogen-bond donors (Lipinski definition) is 2. The van der Waals surface area contributed by atoms with E-state index >= 15 is 0 Å². The molecule has 0 aliphatic heterocycles. The molecule has 0 aromatic carbocycles. The molecule has 0 radical (unpaired) electrons. The Morgan fingerprint density at radius 3 is 2.85 bits per heavy atom. The van der Waals surface area contributed by atoms with Crippen molar-refractivity contribution in [2.75, 3.05) is 13.1 Å². The van der Waals surface area contributed by atoms with E-state index in [9.17, 15) is 4.79 Å². The highest BCUT2D eigenvalue weighted by Gasteiger charge is 2.28. The molecular weight excluding hydrogens is 164 g/mol. The Labute approximate surface area is 79.6 Å². The summed E-state index contributed by atoms with van der Waals surface area (Å²) in [5.41, 5.74) is 0. The van der Waals surface area contributed by atoms with Crippen LogP contribution in [-0.2, 0) is 4.79 Å². The molecule has 0 unspecified atom stereocenters. The summed E-state index contributed by atoms with van der Waals surface area (Å²) in [5, 5.41) is 6.19. The van der Waals surface area contributed by atoms with Crippen molar-refractivity contribution in [1.82, 2.24) is 10.6 Å². The smallest absolute Gasteiger partial charge is 0.243 e. The third-order valence-electron chi connectivity index (χ3n) is 2.45. The third kappa shape index (κ3) is 3.19. The summed E-state index contributed by atoms with van der Waals surface area (Å²) in [5.74, 6) is 0.696. The van der Waals surface area contributed by atoms with Crippen LogP contribution < -0.4 is 10.6 Å². The lowest BCUT2D eigenvalue weighted by Crippen LogP contribution is -2.46. The minimum Gasteiger partial charge on any atom is -0.350 e. The maximum Gasteiger partial charge on any atom is 0.243 e. The molecule has 0 heterocycles. The molecule has 1 rings (SSSR count). The Kier molecular flexibility index (Phi) is 3.96. The molecule has 0 saturated heterocycles. The van der Waals surface area contributed by atoms with Crippen molar-refractivity contribution in [2.24, 2.45) is 5.92 Å². The first-order valence-electron chi connectivity index (χ1n) is 4.90. The van der Waals surface area contributed by atoms with Crippen LogP contribution in [-0.4, -0.2) is 25.0 Å². The van der Waals surface area contributed by atoms with Crippen molar-refractivity contribution in [3.63, 3.8) is 0 Å². The fourth-order valence-corrected chi connectivity index (χ4v) is 1.63.